The van der Waals surface area contributed by atoms with Crippen molar-refractivity contribution < 1.29 is 4.79 Å². The molecule has 0 saturated carbocycles. The maximum atomic E-state index is 12.2. The van der Waals surface area contributed by atoms with E-state index in [1.807, 2.05) is 6.07 Å². The molecule has 162 valence electrons. The summed E-state index contributed by atoms with van der Waals surface area (Å²) in [5, 5.41) is 25.8. The molecular formula is C20H18ClN9OS. The second kappa shape index (κ2) is 9.59. The van der Waals surface area contributed by atoms with Gasteiger partial charge >= 0.3 is 6.03 Å². The summed E-state index contributed by atoms with van der Waals surface area (Å²) in [7, 11) is 0. The number of carbonyl (C=O) groups is 1. The van der Waals surface area contributed by atoms with E-state index in [4.69, 9.17) is 22.3 Å². The highest BCUT2D eigenvalue weighted by atomic mass is 35.5. The minimum absolute atomic E-state index is 0.273. The summed E-state index contributed by atoms with van der Waals surface area (Å²) in [6.45, 7) is 2.26. The van der Waals surface area contributed by atoms with Gasteiger partial charge in [0.15, 0.2) is 10.9 Å². The van der Waals surface area contributed by atoms with Gasteiger partial charge in [0, 0.05) is 49.0 Å². The fraction of sp³-hybridized carbons (Fsp3) is 0.200. The van der Waals surface area contributed by atoms with Crippen LogP contribution in [0.15, 0.2) is 30.7 Å². The molecule has 0 radical (unpaired) electrons. The van der Waals surface area contributed by atoms with Crippen LogP contribution in [0.3, 0.4) is 0 Å². The topological polar surface area (TPSA) is 143 Å². The Morgan fingerprint density at radius 2 is 2.25 bits per heavy atom. The number of benzene rings is 1. The molecule has 0 fully saturated rings. The van der Waals surface area contributed by atoms with Crippen LogP contribution in [0.2, 0.25) is 5.02 Å². The average Bonchev–Trinajstić information content (AvgIpc) is 3.24. The number of fused-ring (bicyclic) bond motifs is 1. The Morgan fingerprint density at radius 1 is 1.38 bits per heavy atom. The Balaban J connectivity index is 1.34. The molecule has 12 heteroatoms. The molecule has 10 nitrogen and oxygen atoms in total. The summed E-state index contributed by atoms with van der Waals surface area (Å²) >= 11 is 7.39. The van der Waals surface area contributed by atoms with Crippen molar-refractivity contribution in [3.05, 3.63) is 51.9 Å². The van der Waals surface area contributed by atoms with Gasteiger partial charge in [0.1, 0.15) is 23.8 Å². The summed E-state index contributed by atoms with van der Waals surface area (Å²) in [4.78, 5) is 28.2. The van der Waals surface area contributed by atoms with Gasteiger partial charge < -0.3 is 20.9 Å². The van der Waals surface area contributed by atoms with Crippen molar-refractivity contribution in [1.82, 2.24) is 15.0 Å². The lowest BCUT2D eigenvalue weighted by Gasteiger charge is -2.31. The first-order valence-electron chi connectivity index (χ1n) is 9.64. The lowest BCUT2D eigenvalue weighted by Crippen LogP contribution is -2.36. The van der Waals surface area contributed by atoms with E-state index >= 15 is 0 Å². The second-order valence-electron chi connectivity index (χ2n) is 6.78. The van der Waals surface area contributed by atoms with E-state index in [0.717, 1.165) is 42.4 Å². The van der Waals surface area contributed by atoms with Crippen LogP contribution < -0.4 is 20.9 Å². The molecular weight excluding hydrogens is 450 g/mol. The first-order chi connectivity index (χ1) is 15.6. The summed E-state index contributed by atoms with van der Waals surface area (Å²) < 4.78 is 0. The van der Waals surface area contributed by atoms with Gasteiger partial charge in [0.2, 0.25) is 0 Å². The van der Waals surface area contributed by atoms with Crippen molar-refractivity contribution in [3.8, 4) is 6.07 Å². The second-order valence-corrected chi connectivity index (χ2v) is 8.31. The van der Waals surface area contributed by atoms with E-state index in [2.05, 4.69) is 35.8 Å². The summed E-state index contributed by atoms with van der Waals surface area (Å²) in [5.41, 5.74) is 2.17. The number of anilines is 4. The number of halogens is 1. The van der Waals surface area contributed by atoms with Crippen LogP contribution in [0, 0.1) is 16.7 Å². The molecule has 0 spiro atoms. The quantitative estimate of drug-likeness (QED) is 0.406. The molecule has 0 saturated heterocycles. The number of amides is 2. The molecule has 4 rings (SSSR count). The zero-order chi connectivity index (χ0) is 22.5. The van der Waals surface area contributed by atoms with E-state index in [1.165, 1.54) is 29.9 Å². The van der Waals surface area contributed by atoms with Crippen molar-refractivity contribution >= 4 is 57.5 Å². The van der Waals surface area contributed by atoms with Crippen LogP contribution >= 0.6 is 22.9 Å². The number of thiazole rings is 1. The Labute approximate surface area is 192 Å². The Morgan fingerprint density at radius 3 is 3.03 bits per heavy atom. The number of rotatable bonds is 6. The smallest absolute Gasteiger partial charge is 0.325 e. The van der Waals surface area contributed by atoms with E-state index in [-0.39, 0.29) is 5.02 Å². The van der Waals surface area contributed by atoms with E-state index < -0.39 is 6.03 Å². The van der Waals surface area contributed by atoms with Crippen LogP contribution in [-0.2, 0) is 6.42 Å². The lowest BCUT2D eigenvalue weighted by atomic mass is 10.2. The molecule has 0 aliphatic carbocycles. The number of aromatic nitrogens is 3. The number of nitrogens with one attached hydrogen (secondary N) is 4. The molecule has 4 N–H and O–H groups in total. The van der Waals surface area contributed by atoms with Gasteiger partial charge in [0.05, 0.1) is 10.6 Å². The van der Waals surface area contributed by atoms with E-state index in [1.54, 1.807) is 18.3 Å². The molecule has 2 amide bonds. The SMILES string of the molecule is N#Cc1ccc(NC(=O)Nc2ncc(CCN3CCNc4c(C=N)ncnc43)s2)cc1Cl. The zero-order valence-corrected chi connectivity index (χ0v) is 18.3. The predicted molar refractivity (Wildman–Crippen MR) is 125 cm³/mol. The molecule has 0 bridgehead atoms. The van der Waals surface area contributed by atoms with Crippen LogP contribution in [0.5, 0.6) is 0 Å². The van der Waals surface area contributed by atoms with Gasteiger partial charge in [-0.05, 0) is 18.2 Å². The third-order valence-corrected chi connectivity index (χ3v) is 6.01. The van der Waals surface area contributed by atoms with Gasteiger partial charge in [-0.1, -0.05) is 11.6 Å². The standard InChI is InChI=1S/C20H18ClN9OS/c21-15-7-13(2-1-12(15)8-22)28-19(31)29-20-25-10-14(32-20)3-5-30-6-4-24-17-16(9-23)26-11-27-18(17)30/h1-2,7,9-11,23-24H,3-6H2,(H2,25,28,29,31). The highest BCUT2D eigenvalue weighted by molar-refractivity contribution is 7.15. The molecule has 0 atom stereocenters. The van der Waals surface area contributed by atoms with Crippen LogP contribution in [0.25, 0.3) is 0 Å². The minimum atomic E-state index is -0.446. The average molecular weight is 468 g/mol. The summed E-state index contributed by atoms with van der Waals surface area (Å²) in [6.07, 6.45) is 5.16. The number of hydrogen-bond donors (Lipinski definition) is 4. The summed E-state index contributed by atoms with van der Waals surface area (Å²) in [5.74, 6) is 0.785. The number of nitrogens with zero attached hydrogens (tertiary/aromatic N) is 5. The maximum absolute atomic E-state index is 12.2. The molecule has 3 aromatic rings. The third kappa shape index (κ3) is 4.77. The van der Waals surface area contributed by atoms with Gasteiger partial charge in [-0.15, -0.1) is 11.3 Å². The molecule has 1 aliphatic rings. The fourth-order valence-electron chi connectivity index (χ4n) is 3.22. The van der Waals surface area contributed by atoms with E-state index in [9.17, 15) is 4.79 Å². The molecule has 0 unspecified atom stereocenters. The van der Waals surface area contributed by atoms with Gasteiger partial charge in [-0.2, -0.15) is 5.26 Å². The van der Waals surface area contributed by atoms with Crippen molar-refractivity contribution in [1.29, 1.82) is 10.7 Å². The zero-order valence-electron chi connectivity index (χ0n) is 16.7. The van der Waals surface area contributed by atoms with Gasteiger partial charge in [-0.3, -0.25) is 5.32 Å². The van der Waals surface area contributed by atoms with Crippen LogP contribution in [0.1, 0.15) is 16.1 Å². The number of urea groups is 1. The molecule has 32 heavy (non-hydrogen) atoms. The van der Waals surface area contributed by atoms with Crippen molar-refractivity contribution in [2.24, 2.45) is 0 Å². The van der Waals surface area contributed by atoms with Crippen molar-refractivity contribution in [3.63, 3.8) is 0 Å². The Hall–Kier alpha value is -3.75. The Kier molecular flexibility index (Phi) is 6.44. The van der Waals surface area contributed by atoms with Gasteiger partial charge in [0.25, 0.3) is 0 Å². The fourth-order valence-corrected chi connectivity index (χ4v) is 4.24. The summed E-state index contributed by atoms with van der Waals surface area (Å²) in [6, 6.07) is 6.20. The molecule has 1 aromatic carbocycles. The number of nitriles is 1. The molecule has 3 heterocycles. The number of carbonyl (C=O) groups excluding carboxylic acids is 1. The van der Waals surface area contributed by atoms with Crippen LogP contribution in [0.4, 0.5) is 27.1 Å². The first-order valence-corrected chi connectivity index (χ1v) is 10.8. The van der Waals surface area contributed by atoms with Crippen LogP contribution in [-0.4, -0.2) is 46.8 Å². The highest BCUT2D eigenvalue weighted by Crippen LogP contribution is 2.28. The van der Waals surface area contributed by atoms with Crippen molar-refractivity contribution in [2.75, 3.05) is 40.5 Å². The molecule has 1 aliphatic heterocycles. The number of hydrogen-bond acceptors (Lipinski definition) is 9. The predicted octanol–water partition coefficient (Wildman–Crippen LogP) is 3.57. The van der Waals surface area contributed by atoms with Gasteiger partial charge in [-0.25, -0.2) is 19.7 Å². The Bertz CT molecular complexity index is 1210. The minimum Gasteiger partial charge on any atom is -0.378 e. The largest absolute Gasteiger partial charge is 0.378 e. The highest BCUT2D eigenvalue weighted by Gasteiger charge is 2.21. The third-order valence-electron chi connectivity index (χ3n) is 4.73. The van der Waals surface area contributed by atoms with E-state index in [0.29, 0.717) is 22.1 Å². The monoisotopic (exact) mass is 467 g/mol. The molecule has 2 aromatic heterocycles. The van der Waals surface area contributed by atoms with Crippen molar-refractivity contribution in [2.45, 2.75) is 6.42 Å². The first kappa shape index (κ1) is 21.5. The lowest BCUT2D eigenvalue weighted by molar-refractivity contribution is 0.262. The maximum Gasteiger partial charge on any atom is 0.325 e. The normalized spacial score (nSPS) is 12.3.